The van der Waals surface area contributed by atoms with E-state index < -0.39 is 17.6 Å². The lowest BCUT2D eigenvalue weighted by molar-refractivity contribution is -0.138. The van der Waals surface area contributed by atoms with Crippen LogP contribution in [0, 0.1) is 5.82 Å². The Morgan fingerprint density at radius 3 is 2.51 bits per heavy atom. The first-order valence-corrected chi connectivity index (χ1v) is 13.7. The highest BCUT2D eigenvalue weighted by molar-refractivity contribution is 5.78. The van der Waals surface area contributed by atoms with Gasteiger partial charge in [0.15, 0.2) is 11.5 Å². The smallest absolute Gasteiger partial charge is 0.416 e. The summed E-state index contributed by atoms with van der Waals surface area (Å²) in [5.74, 6) is -0.0658. The molecule has 1 atom stereocenters. The summed E-state index contributed by atoms with van der Waals surface area (Å²) in [5, 5.41) is 0. The molecule has 0 saturated carbocycles. The molecule has 2 fully saturated rings. The number of rotatable bonds is 7. The van der Waals surface area contributed by atoms with Crippen LogP contribution in [0.1, 0.15) is 54.8 Å². The molecule has 10 heteroatoms. The topological polar surface area (TPSA) is 45.3 Å². The van der Waals surface area contributed by atoms with E-state index in [4.69, 9.17) is 9.47 Å². The Morgan fingerprint density at radius 2 is 1.79 bits per heavy atom. The summed E-state index contributed by atoms with van der Waals surface area (Å²) in [6, 6.07) is 8.38. The van der Waals surface area contributed by atoms with Crippen molar-refractivity contribution < 1.29 is 31.8 Å². The second-order valence-electron chi connectivity index (χ2n) is 10.8. The van der Waals surface area contributed by atoms with Crippen molar-refractivity contribution in [2.75, 3.05) is 46.6 Å². The van der Waals surface area contributed by atoms with Crippen LogP contribution in [0.2, 0.25) is 0 Å². The fourth-order valence-corrected chi connectivity index (χ4v) is 6.06. The van der Waals surface area contributed by atoms with Crippen LogP contribution in [0.5, 0.6) is 11.5 Å². The number of nitrogens with zero attached hydrogens (tertiary/aromatic N) is 3. The first kappa shape index (κ1) is 27.7. The van der Waals surface area contributed by atoms with E-state index in [2.05, 4.69) is 9.80 Å². The fraction of sp³-hybridized carbons (Fsp3) is 0.552. The predicted octanol–water partition coefficient (Wildman–Crippen LogP) is 5.27. The van der Waals surface area contributed by atoms with E-state index >= 15 is 0 Å². The second-order valence-corrected chi connectivity index (χ2v) is 10.8. The van der Waals surface area contributed by atoms with Crippen LogP contribution in [0.3, 0.4) is 0 Å². The van der Waals surface area contributed by atoms with Crippen molar-refractivity contribution >= 4 is 5.91 Å². The van der Waals surface area contributed by atoms with Crippen molar-refractivity contribution in [3.8, 4) is 11.5 Å². The normalized spacial score (nSPS) is 19.7. The molecule has 0 aliphatic carbocycles. The second kappa shape index (κ2) is 11.7. The quantitative estimate of drug-likeness (QED) is 0.441. The number of alkyl halides is 3. The molecular weight excluding hydrogens is 514 g/mol. The van der Waals surface area contributed by atoms with Gasteiger partial charge in [-0.05, 0) is 68.6 Å². The first-order chi connectivity index (χ1) is 18.7. The maximum absolute atomic E-state index is 13.9. The van der Waals surface area contributed by atoms with Gasteiger partial charge in [-0.3, -0.25) is 9.69 Å². The highest BCUT2D eigenvalue weighted by Gasteiger charge is 2.34. The molecule has 3 heterocycles. The van der Waals surface area contributed by atoms with Crippen molar-refractivity contribution in [1.82, 2.24) is 14.7 Å². The van der Waals surface area contributed by atoms with Gasteiger partial charge < -0.3 is 19.3 Å². The summed E-state index contributed by atoms with van der Waals surface area (Å²) in [6.45, 7) is 4.46. The first-order valence-electron chi connectivity index (χ1n) is 13.7. The summed E-state index contributed by atoms with van der Waals surface area (Å²) >= 11 is 0. The average Bonchev–Trinajstić information content (AvgIpc) is 3.41. The van der Waals surface area contributed by atoms with Gasteiger partial charge in [0.05, 0.1) is 18.0 Å². The van der Waals surface area contributed by atoms with Crippen molar-refractivity contribution in [3.63, 3.8) is 0 Å². The monoisotopic (exact) mass is 549 g/mol. The minimum atomic E-state index is -4.69. The number of likely N-dealkylation sites (tertiary alicyclic amines) is 2. The third kappa shape index (κ3) is 6.49. The average molecular weight is 550 g/mol. The minimum Gasteiger partial charge on any atom is -0.454 e. The number of hydrogen-bond donors (Lipinski definition) is 0. The molecule has 2 saturated heterocycles. The fourth-order valence-electron chi connectivity index (χ4n) is 6.06. The van der Waals surface area contributed by atoms with Gasteiger partial charge in [-0.15, -0.1) is 0 Å². The van der Waals surface area contributed by atoms with Crippen LogP contribution >= 0.6 is 0 Å². The Morgan fingerprint density at radius 1 is 1.05 bits per heavy atom. The Kier molecular flexibility index (Phi) is 8.32. The van der Waals surface area contributed by atoms with E-state index in [1.807, 2.05) is 18.2 Å². The number of para-hydroxylation sites is 1. The number of piperidine rings is 2. The van der Waals surface area contributed by atoms with E-state index in [1.54, 1.807) is 7.05 Å². The molecule has 5 rings (SSSR count). The Hall–Kier alpha value is -2.85. The third-order valence-corrected chi connectivity index (χ3v) is 8.15. The molecular formula is C29H35F4N3O3. The van der Waals surface area contributed by atoms with E-state index in [0.717, 1.165) is 56.7 Å². The molecule has 2 aromatic carbocycles. The Bertz CT molecular complexity index is 1160. The molecule has 212 valence electrons. The molecule has 0 spiro atoms. The van der Waals surface area contributed by atoms with Crippen molar-refractivity contribution in [1.29, 1.82) is 0 Å². The summed E-state index contributed by atoms with van der Waals surface area (Å²) in [5.41, 5.74) is -0.180. The summed E-state index contributed by atoms with van der Waals surface area (Å²) in [4.78, 5) is 19.7. The van der Waals surface area contributed by atoms with E-state index in [0.29, 0.717) is 30.2 Å². The number of amides is 1. The zero-order chi connectivity index (χ0) is 27.6. The van der Waals surface area contributed by atoms with Gasteiger partial charge >= 0.3 is 6.18 Å². The standard InChI is InChI=1S/C29H35F4N3O3/c1-34(27(37)16-20-14-21(29(31,32)33)17-22(30)15-20)18-25(24-6-5-7-26-28(24)39-19-38-26)36-12-8-23(9-13-36)35-10-3-2-4-11-35/h5-7,14-15,17,23,25H,2-4,8-13,16,18-19H2,1H3. The van der Waals surface area contributed by atoms with Gasteiger partial charge in [0.2, 0.25) is 12.7 Å². The van der Waals surface area contributed by atoms with Crippen molar-refractivity contribution in [2.45, 2.75) is 56.8 Å². The lowest BCUT2D eigenvalue weighted by Gasteiger charge is -2.43. The molecule has 0 radical (unpaired) electrons. The number of hydrogen-bond acceptors (Lipinski definition) is 5. The number of benzene rings is 2. The van der Waals surface area contributed by atoms with Gasteiger partial charge in [0, 0.05) is 38.3 Å². The van der Waals surface area contributed by atoms with E-state index in [9.17, 15) is 22.4 Å². The van der Waals surface area contributed by atoms with Gasteiger partial charge in [0.1, 0.15) is 5.82 Å². The number of carbonyl (C=O) groups excluding carboxylic acids is 1. The number of halogens is 4. The van der Waals surface area contributed by atoms with Crippen molar-refractivity contribution in [2.24, 2.45) is 0 Å². The minimum absolute atomic E-state index is 0.00425. The zero-order valence-corrected chi connectivity index (χ0v) is 22.2. The Labute approximate surface area is 226 Å². The van der Waals surface area contributed by atoms with Gasteiger partial charge in [-0.25, -0.2) is 4.39 Å². The summed E-state index contributed by atoms with van der Waals surface area (Å²) in [7, 11) is 1.64. The van der Waals surface area contributed by atoms with Crippen LogP contribution in [0.15, 0.2) is 36.4 Å². The van der Waals surface area contributed by atoms with Crippen molar-refractivity contribution in [3.05, 3.63) is 58.9 Å². The number of likely N-dealkylation sites (N-methyl/N-ethyl adjacent to an activating group) is 1. The molecule has 0 bridgehead atoms. The lowest BCUT2D eigenvalue weighted by Crippen LogP contribution is -2.49. The van der Waals surface area contributed by atoms with Crippen LogP contribution < -0.4 is 9.47 Å². The molecule has 0 N–H and O–H groups in total. The van der Waals surface area contributed by atoms with Crippen LogP contribution in [-0.4, -0.2) is 73.2 Å². The van der Waals surface area contributed by atoms with Crippen LogP contribution in [0.25, 0.3) is 0 Å². The molecule has 3 aliphatic heterocycles. The maximum Gasteiger partial charge on any atom is 0.416 e. The molecule has 2 aromatic rings. The lowest BCUT2D eigenvalue weighted by atomic mass is 9.95. The zero-order valence-electron chi connectivity index (χ0n) is 22.2. The molecule has 1 amide bonds. The van der Waals surface area contributed by atoms with Crippen LogP contribution in [-0.2, 0) is 17.4 Å². The molecule has 6 nitrogen and oxygen atoms in total. The van der Waals surface area contributed by atoms with Gasteiger partial charge in [-0.2, -0.15) is 13.2 Å². The van der Waals surface area contributed by atoms with E-state index in [-0.39, 0.29) is 30.7 Å². The number of carbonyl (C=O) groups is 1. The highest BCUT2D eigenvalue weighted by atomic mass is 19.4. The van der Waals surface area contributed by atoms with E-state index in [1.165, 1.54) is 24.2 Å². The van der Waals surface area contributed by atoms with Crippen LogP contribution in [0.4, 0.5) is 17.6 Å². The molecule has 1 unspecified atom stereocenters. The SMILES string of the molecule is CN(CC(c1cccc2c1OCO2)N1CCC(N2CCCCC2)CC1)C(=O)Cc1cc(F)cc(C(F)(F)F)c1. The predicted molar refractivity (Wildman–Crippen MR) is 138 cm³/mol. The van der Waals surface area contributed by atoms with Gasteiger partial charge in [-0.1, -0.05) is 18.6 Å². The molecule has 0 aromatic heterocycles. The largest absolute Gasteiger partial charge is 0.454 e. The summed E-state index contributed by atoms with van der Waals surface area (Å²) in [6.07, 6.45) is 0.846. The maximum atomic E-state index is 13.9. The Balaban J connectivity index is 1.32. The third-order valence-electron chi connectivity index (χ3n) is 8.15. The number of fused-ring (bicyclic) bond motifs is 1. The highest BCUT2D eigenvalue weighted by Crippen LogP contribution is 2.41. The van der Waals surface area contributed by atoms with Gasteiger partial charge in [0.25, 0.3) is 0 Å². The molecule has 39 heavy (non-hydrogen) atoms. The molecule has 3 aliphatic rings. The number of ether oxygens (including phenoxy) is 2. The summed E-state index contributed by atoms with van der Waals surface area (Å²) < 4.78 is 64.8.